The molecule has 6 aromatic rings. The molecule has 2 heteroatoms. The summed E-state index contributed by atoms with van der Waals surface area (Å²) in [4.78, 5) is 0. The quantitative estimate of drug-likeness (QED) is 0.0927. The fourth-order valence-corrected chi connectivity index (χ4v) is 6.44. The van der Waals surface area contributed by atoms with Gasteiger partial charge in [0.25, 0.3) is 0 Å². The number of benzene rings is 4. The van der Waals surface area contributed by atoms with Crippen LogP contribution in [0.25, 0.3) is 21.5 Å². The van der Waals surface area contributed by atoms with E-state index in [9.17, 15) is 0 Å². The summed E-state index contributed by atoms with van der Waals surface area (Å²) in [5, 5.41) is 9.55. The van der Waals surface area contributed by atoms with Gasteiger partial charge in [0.15, 0.2) is 0 Å². The summed E-state index contributed by atoms with van der Waals surface area (Å²) in [6.45, 7) is 5.42. The van der Waals surface area contributed by atoms with Crippen molar-refractivity contribution in [2.75, 3.05) is 0 Å². The Morgan fingerprint density at radius 1 is 0.649 bits per heavy atom. The van der Waals surface area contributed by atoms with Crippen LogP contribution in [0.1, 0.15) is 6.92 Å². The number of hydrogen-bond donors (Lipinski definition) is 0. The third-order valence-corrected chi connectivity index (χ3v) is 8.17. The van der Waals surface area contributed by atoms with E-state index in [2.05, 4.69) is 146 Å². The van der Waals surface area contributed by atoms with Crippen LogP contribution in [0.2, 0.25) is 0 Å². The largest absolute Gasteiger partial charge is 2.00 e. The van der Waals surface area contributed by atoms with Gasteiger partial charge in [0.05, 0.1) is 0 Å². The van der Waals surface area contributed by atoms with Gasteiger partial charge in [-0.2, -0.15) is 23.6 Å². The van der Waals surface area contributed by atoms with Crippen LogP contribution in [0, 0.1) is 0 Å². The monoisotopic (exact) mass is 530 g/mol. The molecule has 0 saturated heterocycles. The molecule has 0 bridgehead atoms. The molecule has 0 aliphatic rings. The van der Waals surface area contributed by atoms with Crippen LogP contribution < -0.4 is 15.9 Å². The standard InChI is InChI=1S/C21H16P.C9H7.C5H8.Ti/c1-3-11-19(12-4-1)22(20-13-5-2-6-14-20)21-15-17-9-7-8-10-18(17)16-21;1-2-5-9-7-3-6-8(9)4-1;1-3-5-4-2;/h1-16H;1-7H;3-5H,1H2,2H3;/q2*-1;;+2/b;;5-4+;. The van der Waals surface area contributed by atoms with Crippen molar-refractivity contribution >= 4 is 45.4 Å². The molecule has 0 nitrogen and oxygen atoms in total. The molecule has 0 heterocycles. The minimum Gasteiger partial charge on any atom is -0.168 e. The molecule has 0 aromatic heterocycles. The second-order valence-electron chi connectivity index (χ2n) is 8.27. The summed E-state index contributed by atoms with van der Waals surface area (Å²) in [5.41, 5.74) is 0. The van der Waals surface area contributed by atoms with Crippen LogP contribution in [0.3, 0.4) is 0 Å². The fourth-order valence-electron chi connectivity index (χ4n) is 4.07. The van der Waals surface area contributed by atoms with Crippen LogP contribution >= 0.6 is 7.92 Å². The molecule has 0 atom stereocenters. The Labute approximate surface area is 237 Å². The van der Waals surface area contributed by atoms with Crippen molar-refractivity contribution in [2.24, 2.45) is 0 Å². The Morgan fingerprint density at radius 3 is 1.70 bits per heavy atom. The summed E-state index contributed by atoms with van der Waals surface area (Å²) in [7, 11) is -0.493. The molecule has 0 aliphatic carbocycles. The molecule has 37 heavy (non-hydrogen) atoms. The van der Waals surface area contributed by atoms with E-state index < -0.39 is 7.92 Å². The van der Waals surface area contributed by atoms with E-state index in [0.29, 0.717) is 0 Å². The van der Waals surface area contributed by atoms with Gasteiger partial charge in [-0.1, -0.05) is 97.6 Å². The van der Waals surface area contributed by atoms with E-state index in [1.54, 1.807) is 6.08 Å². The number of rotatable bonds is 4. The van der Waals surface area contributed by atoms with Crippen molar-refractivity contribution in [2.45, 2.75) is 6.92 Å². The molecule has 0 unspecified atom stereocenters. The van der Waals surface area contributed by atoms with Gasteiger partial charge in [-0.15, -0.1) is 70.0 Å². The summed E-state index contributed by atoms with van der Waals surface area (Å²) < 4.78 is 0. The third kappa shape index (κ3) is 7.85. The predicted molar refractivity (Wildman–Crippen MR) is 163 cm³/mol. The molecule has 0 aliphatic heterocycles. The smallest absolute Gasteiger partial charge is 0.168 e. The maximum absolute atomic E-state index is 3.46. The van der Waals surface area contributed by atoms with Crippen LogP contribution in [0.15, 0.2) is 164 Å². The number of hydrogen-bond acceptors (Lipinski definition) is 0. The van der Waals surface area contributed by atoms with E-state index >= 15 is 0 Å². The van der Waals surface area contributed by atoms with Gasteiger partial charge in [0.1, 0.15) is 0 Å². The molecule has 0 N–H and O–H groups in total. The SMILES string of the molecule is C=C/C=C/C.[Ti+2].c1ccc(P(c2ccccc2)c2cc3ccccc3[cH-]2)cc1.c1ccc2[cH-]ccc2c1. The van der Waals surface area contributed by atoms with E-state index in [1.807, 2.05) is 19.1 Å². The first kappa shape index (κ1) is 28.3. The van der Waals surface area contributed by atoms with E-state index in [1.165, 1.54) is 37.5 Å². The van der Waals surface area contributed by atoms with Crippen molar-refractivity contribution in [1.29, 1.82) is 0 Å². The zero-order valence-electron chi connectivity index (χ0n) is 21.2. The van der Waals surface area contributed by atoms with Crippen molar-refractivity contribution in [3.63, 3.8) is 0 Å². The summed E-state index contributed by atoms with van der Waals surface area (Å²) in [5.74, 6) is 0. The first-order chi connectivity index (χ1) is 17.8. The normalized spacial score (nSPS) is 10.3. The summed E-state index contributed by atoms with van der Waals surface area (Å²) >= 11 is 0. The van der Waals surface area contributed by atoms with Gasteiger partial charge in [0.2, 0.25) is 0 Å². The van der Waals surface area contributed by atoms with Gasteiger partial charge in [-0.25, -0.2) is 0 Å². The van der Waals surface area contributed by atoms with Crippen LogP contribution in [0.5, 0.6) is 0 Å². The van der Waals surface area contributed by atoms with Gasteiger partial charge in [-0.05, 0) is 25.5 Å². The second-order valence-corrected chi connectivity index (χ2v) is 10.5. The molecular weight excluding hydrogens is 499 g/mol. The maximum atomic E-state index is 3.46. The molecule has 0 spiro atoms. The molecule has 0 radical (unpaired) electrons. The fraction of sp³-hybridized carbons (Fsp3) is 0.0286. The average Bonchev–Trinajstić information content (AvgIpc) is 3.58. The molecular formula is C35H31PTi. The Morgan fingerprint density at radius 2 is 1.19 bits per heavy atom. The first-order valence-corrected chi connectivity index (χ1v) is 13.5. The Kier molecular flexibility index (Phi) is 11.5. The second kappa shape index (κ2) is 15.1. The minimum atomic E-state index is -0.493. The maximum Gasteiger partial charge on any atom is 2.00 e. The van der Waals surface area contributed by atoms with Crippen molar-refractivity contribution in [3.8, 4) is 0 Å². The zero-order valence-corrected chi connectivity index (χ0v) is 23.6. The molecule has 0 fully saturated rings. The topological polar surface area (TPSA) is 0 Å². The Hall–Kier alpha value is -3.28. The van der Waals surface area contributed by atoms with E-state index in [-0.39, 0.29) is 21.7 Å². The molecule has 180 valence electrons. The van der Waals surface area contributed by atoms with Crippen LogP contribution in [-0.4, -0.2) is 0 Å². The van der Waals surface area contributed by atoms with E-state index in [4.69, 9.17) is 0 Å². The van der Waals surface area contributed by atoms with Crippen LogP contribution in [-0.2, 0) is 21.7 Å². The molecule has 0 amide bonds. The average molecular weight is 530 g/mol. The number of allylic oxidation sites excluding steroid dienone is 3. The van der Waals surface area contributed by atoms with Crippen molar-refractivity contribution in [3.05, 3.63) is 164 Å². The number of fused-ring (bicyclic) bond motifs is 2. The molecule has 6 aromatic carbocycles. The zero-order chi connectivity index (χ0) is 25.0. The summed E-state index contributed by atoms with van der Waals surface area (Å²) in [6.07, 6.45) is 5.58. The van der Waals surface area contributed by atoms with E-state index in [0.717, 1.165) is 0 Å². The third-order valence-electron chi connectivity index (χ3n) is 5.77. The Bertz CT molecular complexity index is 1400. The van der Waals surface area contributed by atoms with Crippen molar-refractivity contribution < 1.29 is 21.7 Å². The molecule has 6 rings (SSSR count). The van der Waals surface area contributed by atoms with Gasteiger partial charge >= 0.3 is 21.7 Å². The van der Waals surface area contributed by atoms with Crippen molar-refractivity contribution in [1.82, 2.24) is 0 Å². The summed E-state index contributed by atoms with van der Waals surface area (Å²) in [6, 6.07) is 49.7. The first-order valence-electron chi connectivity index (χ1n) is 12.2. The van der Waals surface area contributed by atoms with Crippen LogP contribution in [0.4, 0.5) is 0 Å². The van der Waals surface area contributed by atoms with Gasteiger partial charge in [-0.3, -0.25) is 0 Å². The van der Waals surface area contributed by atoms with Gasteiger partial charge < -0.3 is 0 Å². The minimum absolute atomic E-state index is 0. The Balaban J connectivity index is 0.000000210. The van der Waals surface area contributed by atoms with Gasteiger partial charge in [0, 0.05) is 0 Å². The predicted octanol–water partition coefficient (Wildman–Crippen LogP) is 8.62. The molecule has 0 saturated carbocycles.